The van der Waals surface area contributed by atoms with Gasteiger partial charge >= 0.3 is 5.97 Å². The highest BCUT2D eigenvalue weighted by Gasteiger charge is 2.11. The molecule has 3 heteroatoms. The molecule has 0 bridgehead atoms. The average Bonchev–Trinajstić information content (AvgIpc) is 2.61. The first kappa shape index (κ1) is 18.1. The molecule has 2 rings (SSSR count). The maximum atomic E-state index is 11.6. The molecule has 0 amide bonds. The molecule has 1 unspecified atom stereocenters. The molecule has 1 atom stereocenters. The Kier molecular flexibility index (Phi) is 7.34. The highest BCUT2D eigenvalue weighted by atomic mass is 16.5. The summed E-state index contributed by atoms with van der Waals surface area (Å²) >= 11 is 0. The molecule has 0 spiro atoms. The minimum absolute atomic E-state index is 0.294. The van der Waals surface area contributed by atoms with Crippen molar-refractivity contribution in [2.45, 2.75) is 33.1 Å². The second kappa shape index (κ2) is 9.76. The molecule has 0 saturated carbocycles. The number of ether oxygens (including phenoxy) is 2. The molecule has 0 radical (unpaired) electrons. The monoisotopic (exact) mass is 326 g/mol. The zero-order valence-corrected chi connectivity index (χ0v) is 14.5. The summed E-state index contributed by atoms with van der Waals surface area (Å²) in [6.07, 6.45) is 3.30. The van der Waals surface area contributed by atoms with Crippen molar-refractivity contribution in [1.29, 1.82) is 0 Å². The molecule has 0 aliphatic rings. The van der Waals surface area contributed by atoms with Gasteiger partial charge in [0.2, 0.25) is 0 Å². The number of hydrogen-bond donors (Lipinski definition) is 0. The van der Waals surface area contributed by atoms with Crippen molar-refractivity contribution < 1.29 is 14.3 Å². The van der Waals surface area contributed by atoms with Crippen molar-refractivity contribution in [3.8, 4) is 5.75 Å². The van der Waals surface area contributed by atoms with Crippen LogP contribution in [0.3, 0.4) is 0 Å². The van der Waals surface area contributed by atoms with Crippen LogP contribution in [0, 0.1) is 5.92 Å². The summed E-state index contributed by atoms with van der Waals surface area (Å²) in [5, 5.41) is 0. The van der Waals surface area contributed by atoms with Gasteiger partial charge in [0.25, 0.3) is 0 Å². The van der Waals surface area contributed by atoms with Crippen molar-refractivity contribution in [3.05, 3.63) is 65.7 Å². The predicted octanol–water partition coefficient (Wildman–Crippen LogP) is 4.90. The lowest BCUT2D eigenvalue weighted by atomic mass is 9.96. The summed E-state index contributed by atoms with van der Waals surface area (Å²) in [6.45, 7) is 5.07. The van der Waals surface area contributed by atoms with E-state index in [4.69, 9.17) is 9.47 Å². The molecule has 3 nitrogen and oxygen atoms in total. The number of carbonyl (C=O) groups excluding carboxylic acids is 1. The van der Waals surface area contributed by atoms with Crippen LogP contribution in [0.25, 0.3) is 0 Å². The highest BCUT2D eigenvalue weighted by molar-refractivity contribution is 5.89. The van der Waals surface area contributed by atoms with E-state index in [1.807, 2.05) is 18.2 Å². The van der Waals surface area contributed by atoms with E-state index >= 15 is 0 Å². The van der Waals surface area contributed by atoms with E-state index in [1.54, 1.807) is 19.1 Å². The van der Waals surface area contributed by atoms with Gasteiger partial charge < -0.3 is 9.47 Å². The van der Waals surface area contributed by atoms with Gasteiger partial charge in [0.15, 0.2) is 0 Å². The Morgan fingerprint density at radius 1 is 1.00 bits per heavy atom. The molecule has 24 heavy (non-hydrogen) atoms. The predicted molar refractivity (Wildman–Crippen MR) is 96.4 cm³/mol. The minimum Gasteiger partial charge on any atom is -0.493 e. The van der Waals surface area contributed by atoms with Crippen LogP contribution in [0.4, 0.5) is 0 Å². The van der Waals surface area contributed by atoms with E-state index in [1.165, 1.54) is 5.56 Å². The topological polar surface area (TPSA) is 35.5 Å². The molecule has 0 N–H and O–H groups in total. The fourth-order valence-corrected chi connectivity index (χ4v) is 2.72. The quantitative estimate of drug-likeness (QED) is 0.615. The Bertz CT molecular complexity index is 605. The van der Waals surface area contributed by atoms with Crippen LogP contribution in [0.5, 0.6) is 5.75 Å². The highest BCUT2D eigenvalue weighted by Crippen LogP contribution is 2.18. The van der Waals surface area contributed by atoms with E-state index in [0.717, 1.165) is 25.0 Å². The third-order valence-corrected chi connectivity index (χ3v) is 3.92. The maximum absolute atomic E-state index is 11.6. The summed E-state index contributed by atoms with van der Waals surface area (Å²) in [5.41, 5.74) is 1.90. The Balaban J connectivity index is 1.90. The molecule has 0 saturated heterocycles. The van der Waals surface area contributed by atoms with E-state index in [-0.39, 0.29) is 5.97 Å². The number of rotatable bonds is 9. The fourth-order valence-electron chi connectivity index (χ4n) is 2.72. The van der Waals surface area contributed by atoms with Crippen molar-refractivity contribution in [1.82, 2.24) is 0 Å². The first-order valence-electron chi connectivity index (χ1n) is 8.66. The van der Waals surface area contributed by atoms with E-state index < -0.39 is 0 Å². The van der Waals surface area contributed by atoms with Crippen LogP contribution in [-0.4, -0.2) is 19.2 Å². The first-order valence-corrected chi connectivity index (χ1v) is 8.66. The zero-order chi connectivity index (χ0) is 17.2. The lowest BCUT2D eigenvalue weighted by Gasteiger charge is -2.17. The normalized spacial score (nSPS) is 11.8. The van der Waals surface area contributed by atoms with Crippen molar-refractivity contribution in [3.63, 3.8) is 0 Å². The molecule has 2 aromatic rings. The van der Waals surface area contributed by atoms with Gasteiger partial charge in [-0.1, -0.05) is 43.7 Å². The summed E-state index contributed by atoms with van der Waals surface area (Å²) in [6, 6.07) is 17.7. The molecular weight excluding hydrogens is 300 g/mol. The molecule has 0 aromatic heterocycles. The maximum Gasteiger partial charge on any atom is 0.338 e. The van der Waals surface area contributed by atoms with Gasteiger partial charge in [0.1, 0.15) is 5.75 Å². The lowest BCUT2D eigenvalue weighted by molar-refractivity contribution is 0.0526. The van der Waals surface area contributed by atoms with Gasteiger partial charge in [-0.3, -0.25) is 0 Å². The third-order valence-electron chi connectivity index (χ3n) is 3.92. The standard InChI is InChI=1S/C21H26O3/c1-3-8-18(15-17-9-6-5-7-10-17)16-24-20-13-11-19(12-14-20)21(22)23-4-2/h5-7,9-14,18H,3-4,8,15-16H2,1-2H3. The number of esters is 1. The van der Waals surface area contributed by atoms with Gasteiger partial charge in [-0.25, -0.2) is 4.79 Å². The molecule has 0 fully saturated rings. The molecular formula is C21H26O3. The second-order valence-electron chi connectivity index (χ2n) is 5.90. The van der Waals surface area contributed by atoms with E-state index in [0.29, 0.717) is 24.7 Å². The Morgan fingerprint density at radius 3 is 2.33 bits per heavy atom. The number of hydrogen-bond acceptors (Lipinski definition) is 3. The van der Waals surface area contributed by atoms with Gasteiger partial charge in [-0.15, -0.1) is 0 Å². The van der Waals surface area contributed by atoms with Gasteiger partial charge in [0, 0.05) is 0 Å². The largest absolute Gasteiger partial charge is 0.493 e. The molecule has 0 heterocycles. The lowest BCUT2D eigenvalue weighted by Crippen LogP contribution is -2.15. The number of benzene rings is 2. The van der Waals surface area contributed by atoms with Crippen LogP contribution in [0.1, 0.15) is 42.6 Å². The van der Waals surface area contributed by atoms with Crippen molar-refractivity contribution in [2.75, 3.05) is 13.2 Å². The van der Waals surface area contributed by atoms with E-state index in [2.05, 4.69) is 31.2 Å². The fraction of sp³-hybridized carbons (Fsp3) is 0.381. The Labute approximate surface area is 144 Å². The summed E-state index contributed by atoms with van der Waals surface area (Å²) in [5.74, 6) is 0.983. The Morgan fingerprint density at radius 2 is 1.71 bits per heavy atom. The van der Waals surface area contributed by atoms with Gasteiger partial charge in [0.05, 0.1) is 18.8 Å². The first-order chi connectivity index (χ1) is 11.7. The van der Waals surface area contributed by atoms with Gasteiger partial charge in [-0.05, 0) is 55.5 Å². The molecule has 2 aromatic carbocycles. The summed E-state index contributed by atoms with van der Waals surface area (Å²) < 4.78 is 10.9. The van der Waals surface area contributed by atoms with Crippen LogP contribution in [0.15, 0.2) is 54.6 Å². The van der Waals surface area contributed by atoms with E-state index in [9.17, 15) is 4.79 Å². The molecule has 128 valence electrons. The van der Waals surface area contributed by atoms with Crippen molar-refractivity contribution >= 4 is 5.97 Å². The SMILES string of the molecule is CCCC(COc1ccc(C(=O)OCC)cc1)Cc1ccccc1. The molecule has 0 aliphatic heterocycles. The number of carbonyl (C=O) groups is 1. The molecule has 0 aliphatic carbocycles. The third kappa shape index (κ3) is 5.73. The van der Waals surface area contributed by atoms with Crippen LogP contribution in [-0.2, 0) is 11.2 Å². The van der Waals surface area contributed by atoms with Crippen LogP contribution >= 0.6 is 0 Å². The van der Waals surface area contributed by atoms with Gasteiger partial charge in [-0.2, -0.15) is 0 Å². The zero-order valence-electron chi connectivity index (χ0n) is 14.5. The van der Waals surface area contributed by atoms with Crippen LogP contribution < -0.4 is 4.74 Å². The summed E-state index contributed by atoms with van der Waals surface area (Å²) in [4.78, 5) is 11.6. The summed E-state index contributed by atoms with van der Waals surface area (Å²) in [7, 11) is 0. The van der Waals surface area contributed by atoms with Crippen molar-refractivity contribution in [2.24, 2.45) is 5.92 Å². The van der Waals surface area contributed by atoms with Crippen LogP contribution in [0.2, 0.25) is 0 Å². The Hall–Kier alpha value is -2.29. The second-order valence-corrected chi connectivity index (χ2v) is 5.90. The smallest absolute Gasteiger partial charge is 0.338 e. The minimum atomic E-state index is -0.294. The average molecular weight is 326 g/mol.